The number of halogens is 4. The van der Waals surface area contributed by atoms with Crippen LogP contribution >= 0.6 is 23.2 Å². The molecule has 5 aromatic rings. The minimum absolute atomic E-state index is 0.0766. The van der Waals surface area contributed by atoms with Crippen molar-refractivity contribution in [2.24, 2.45) is 5.92 Å². The summed E-state index contributed by atoms with van der Waals surface area (Å²) in [5, 5.41) is 11.1. The van der Waals surface area contributed by atoms with Crippen molar-refractivity contribution in [3.05, 3.63) is 88.1 Å². The molecule has 0 saturated carbocycles. The number of hydrogen-bond donors (Lipinski definition) is 2. The highest BCUT2D eigenvalue weighted by atomic mass is 35.5. The molecule has 11 nitrogen and oxygen atoms in total. The minimum Gasteiger partial charge on any atom is -0.469 e. The second-order valence-electron chi connectivity index (χ2n) is 12.2. The molecule has 1 amide bonds. The van der Waals surface area contributed by atoms with E-state index < -0.39 is 18.2 Å². The quantitative estimate of drug-likeness (QED) is 0.154. The Balaban J connectivity index is 1.11. The van der Waals surface area contributed by atoms with Crippen molar-refractivity contribution in [1.29, 1.82) is 0 Å². The molecule has 7 rings (SSSR count). The Morgan fingerprint density at radius 1 is 0.940 bits per heavy atom. The van der Waals surface area contributed by atoms with Gasteiger partial charge in [-0.05, 0) is 69.1 Å². The van der Waals surface area contributed by atoms with Gasteiger partial charge in [0.2, 0.25) is 0 Å². The van der Waals surface area contributed by atoms with Gasteiger partial charge in [-0.1, -0.05) is 47.5 Å². The lowest BCUT2D eigenvalue weighted by Gasteiger charge is -2.38. The number of benzene rings is 2. The number of nitrogens with zero attached hydrogens (tertiary/aromatic N) is 6. The number of aromatic nitrogens is 5. The summed E-state index contributed by atoms with van der Waals surface area (Å²) in [5.74, 6) is -1.22. The zero-order chi connectivity index (χ0) is 34.9. The van der Waals surface area contributed by atoms with Gasteiger partial charge in [0.25, 0.3) is 12.3 Å². The number of methoxy groups -OCH3 is 1. The number of aryl methyl sites for hydroxylation is 1. The smallest absolute Gasteiger partial charge is 0.308 e. The molecule has 1 atom stereocenters. The van der Waals surface area contributed by atoms with Crippen LogP contribution in [0.1, 0.15) is 60.2 Å². The molecular weight excluding hydrogens is 689 g/mol. The van der Waals surface area contributed by atoms with Crippen LogP contribution in [0.4, 0.5) is 26.0 Å². The van der Waals surface area contributed by atoms with Crippen LogP contribution in [0, 0.1) is 5.92 Å². The number of carbonyl (C=O) groups is 2. The summed E-state index contributed by atoms with van der Waals surface area (Å²) >= 11 is 13.8. The summed E-state index contributed by atoms with van der Waals surface area (Å²) in [7, 11) is 1.42. The third-order valence-corrected chi connectivity index (χ3v) is 10.0. The van der Waals surface area contributed by atoms with E-state index in [4.69, 9.17) is 27.9 Å². The van der Waals surface area contributed by atoms with E-state index in [1.54, 1.807) is 48.5 Å². The van der Waals surface area contributed by atoms with Gasteiger partial charge in [0.1, 0.15) is 5.52 Å². The average Bonchev–Trinajstić information content (AvgIpc) is 3.58. The fourth-order valence-corrected chi connectivity index (χ4v) is 7.26. The molecule has 1 saturated heterocycles. The highest BCUT2D eigenvalue weighted by Crippen LogP contribution is 2.41. The van der Waals surface area contributed by atoms with Gasteiger partial charge in [-0.25, -0.2) is 18.7 Å². The molecule has 3 aromatic heterocycles. The van der Waals surface area contributed by atoms with Crippen LogP contribution in [0.2, 0.25) is 10.0 Å². The van der Waals surface area contributed by atoms with Crippen LogP contribution in [-0.2, 0) is 16.1 Å². The van der Waals surface area contributed by atoms with Gasteiger partial charge in [-0.3, -0.25) is 24.2 Å². The normalized spacial score (nSPS) is 16.7. The number of amides is 1. The van der Waals surface area contributed by atoms with E-state index in [2.05, 4.69) is 35.6 Å². The number of anilines is 3. The average molecular weight is 722 g/mol. The molecule has 0 unspecified atom stereocenters. The summed E-state index contributed by atoms with van der Waals surface area (Å²) in [5.41, 5.74) is 3.63. The van der Waals surface area contributed by atoms with Crippen LogP contribution in [0.3, 0.4) is 0 Å². The van der Waals surface area contributed by atoms with E-state index in [1.165, 1.54) is 13.3 Å². The molecule has 258 valence electrons. The van der Waals surface area contributed by atoms with Gasteiger partial charge in [-0.2, -0.15) is 5.10 Å². The fourth-order valence-electron chi connectivity index (χ4n) is 6.71. The van der Waals surface area contributed by atoms with Crippen LogP contribution in [0.15, 0.2) is 60.8 Å². The summed E-state index contributed by atoms with van der Waals surface area (Å²) in [4.78, 5) is 40.1. The maximum Gasteiger partial charge on any atom is 0.308 e. The SMILES string of the molecule is COC(=O)C1CCN([C@H]2CCCn3nc(C(=O)Nc4cccc(-c5cccc(Nc6nc(C(F)F)nc7cccnc67)c5Cl)c4Cl)cc32)CC1. The Labute approximate surface area is 296 Å². The zero-order valence-corrected chi connectivity index (χ0v) is 28.4. The molecule has 0 spiro atoms. The number of piperidine rings is 1. The maximum atomic E-state index is 13.6. The molecule has 2 aliphatic rings. The summed E-state index contributed by atoms with van der Waals surface area (Å²) in [6, 6.07) is 15.5. The molecule has 0 radical (unpaired) electrons. The number of rotatable bonds is 8. The van der Waals surface area contributed by atoms with Crippen molar-refractivity contribution in [3.8, 4) is 11.1 Å². The van der Waals surface area contributed by atoms with Crippen molar-refractivity contribution in [3.63, 3.8) is 0 Å². The van der Waals surface area contributed by atoms with E-state index in [-0.39, 0.29) is 45.0 Å². The van der Waals surface area contributed by atoms with Crippen molar-refractivity contribution >= 4 is 63.3 Å². The Morgan fingerprint density at radius 2 is 1.66 bits per heavy atom. The predicted molar refractivity (Wildman–Crippen MR) is 186 cm³/mol. The van der Waals surface area contributed by atoms with Gasteiger partial charge in [-0.15, -0.1) is 0 Å². The highest BCUT2D eigenvalue weighted by molar-refractivity contribution is 6.39. The van der Waals surface area contributed by atoms with Gasteiger partial charge in [0.15, 0.2) is 17.3 Å². The van der Waals surface area contributed by atoms with Crippen LogP contribution in [-0.4, -0.2) is 61.7 Å². The molecule has 1 fully saturated rings. The molecular formula is C35H32Cl2F2N8O3. The van der Waals surface area contributed by atoms with Gasteiger partial charge >= 0.3 is 5.97 Å². The first-order chi connectivity index (χ1) is 24.2. The van der Waals surface area contributed by atoms with E-state index >= 15 is 0 Å². The standard InChI is InChI=1S/C35H32Cl2F2N8O3/c1-50-35(49)19-12-16-46(17-13-19)26-11-5-15-47-27(26)18-25(45-47)34(48)43-23-9-3-7-21(29(23)37)20-6-2-8-22(28(20)36)41-32-30-24(10-4-14-40-30)42-33(44-32)31(38)39/h2-4,6-10,14,18-19,26,31H,5,11-13,15-17H2,1H3,(H,43,48)(H,41,42,44)/t26-/m0/s1. The number of nitrogens with one attached hydrogen (secondary N) is 2. The zero-order valence-electron chi connectivity index (χ0n) is 26.9. The van der Waals surface area contributed by atoms with Gasteiger partial charge < -0.3 is 15.4 Å². The lowest BCUT2D eigenvalue weighted by Crippen LogP contribution is -2.40. The molecule has 15 heteroatoms. The number of likely N-dealkylation sites (tertiary alicyclic amines) is 1. The second-order valence-corrected chi connectivity index (χ2v) is 12.9. The Morgan fingerprint density at radius 3 is 2.38 bits per heavy atom. The largest absolute Gasteiger partial charge is 0.469 e. The molecule has 0 aliphatic carbocycles. The molecule has 0 bridgehead atoms. The fraction of sp³-hybridized carbons (Fsp3) is 0.314. The molecule has 5 heterocycles. The van der Waals surface area contributed by atoms with Gasteiger partial charge in [0.05, 0.1) is 51.7 Å². The number of pyridine rings is 1. The van der Waals surface area contributed by atoms with Crippen molar-refractivity contribution in [1.82, 2.24) is 29.6 Å². The number of hydrogen-bond acceptors (Lipinski definition) is 9. The molecule has 2 aromatic carbocycles. The van der Waals surface area contributed by atoms with Crippen LogP contribution in [0.25, 0.3) is 22.2 Å². The minimum atomic E-state index is -2.88. The summed E-state index contributed by atoms with van der Waals surface area (Å²) in [6.07, 6.45) is 1.97. The maximum absolute atomic E-state index is 13.6. The lowest BCUT2D eigenvalue weighted by atomic mass is 9.93. The van der Waals surface area contributed by atoms with E-state index in [0.29, 0.717) is 34.6 Å². The number of ether oxygens (including phenoxy) is 1. The second kappa shape index (κ2) is 14.3. The number of alkyl halides is 2. The number of fused-ring (bicyclic) bond motifs is 2. The first-order valence-corrected chi connectivity index (χ1v) is 16.9. The first kappa shape index (κ1) is 33.8. The highest BCUT2D eigenvalue weighted by Gasteiger charge is 2.34. The monoisotopic (exact) mass is 720 g/mol. The molecule has 2 N–H and O–H groups in total. The third kappa shape index (κ3) is 6.60. The van der Waals surface area contributed by atoms with E-state index in [1.807, 2.05) is 10.7 Å². The van der Waals surface area contributed by atoms with Crippen molar-refractivity contribution in [2.75, 3.05) is 30.8 Å². The molecule has 2 aliphatic heterocycles. The molecule has 50 heavy (non-hydrogen) atoms. The Bertz CT molecular complexity index is 2090. The summed E-state index contributed by atoms with van der Waals surface area (Å²) < 4.78 is 34.0. The predicted octanol–water partition coefficient (Wildman–Crippen LogP) is 7.85. The van der Waals surface area contributed by atoms with Crippen LogP contribution < -0.4 is 10.6 Å². The first-order valence-electron chi connectivity index (χ1n) is 16.2. The summed E-state index contributed by atoms with van der Waals surface area (Å²) in [6.45, 7) is 2.24. The Hall–Kier alpha value is -4.72. The van der Waals surface area contributed by atoms with Crippen molar-refractivity contribution < 1.29 is 23.1 Å². The lowest BCUT2D eigenvalue weighted by molar-refractivity contribution is -0.147. The van der Waals surface area contributed by atoms with Crippen molar-refractivity contribution in [2.45, 2.75) is 44.7 Å². The van der Waals surface area contributed by atoms with E-state index in [9.17, 15) is 18.4 Å². The van der Waals surface area contributed by atoms with E-state index in [0.717, 1.165) is 44.5 Å². The number of carbonyl (C=O) groups excluding carboxylic acids is 2. The van der Waals surface area contributed by atoms with Crippen LogP contribution in [0.5, 0.6) is 0 Å². The van der Waals surface area contributed by atoms with Gasteiger partial charge in [0, 0.05) is 23.9 Å². The third-order valence-electron chi connectivity index (χ3n) is 9.19. The topological polar surface area (TPSA) is 127 Å². The Kier molecular flexibility index (Phi) is 9.63. The number of esters is 1.